The van der Waals surface area contributed by atoms with Gasteiger partial charge in [0.25, 0.3) is 0 Å². The number of hydrogen-bond donors (Lipinski definition) is 1. The van der Waals surface area contributed by atoms with E-state index in [0.717, 1.165) is 45.7 Å². The largest absolute Gasteiger partial charge is 0.378 e. The zero-order valence-corrected chi connectivity index (χ0v) is 12.8. The summed E-state index contributed by atoms with van der Waals surface area (Å²) in [4.78, 5) is 0. The quantitative estimate of drug-likeness (QED) is 0.830. The SMILES string of the molecule is CCOC(C)(C)C(NC)C1CCOC2(CCOC2)C1. The van der Waals surface area contributed by atoms with Crippen LogP contribution >= 0.6 is 0 Å². The first-order valence-corrected chi connectivity index (χ1v) is 7.56. The van der Waals surface area contributed by atoms with Gasteiger partial charge in [0.05, 0.1) is 17.8 Å². The second-order valence-electron chi connectivity index (χ2n) is 6.39. The lowest BCUT2D eigenvalue weighted by Crippen LogP contribution is -2.55. The van der Waals surface area contributed by atoms with E-state index >= 15 is 0 Å². The molecule has 2 heterocycles. The van der Waals surface area contributed by atoms with E-state index in [-0.39, 0.29) is 11.2 Å². The molecule has 0 radical (unpaired) electrons. The topological polar surface area (TPSA) is 39.7 Å². The van der Waals surface area contributed by atoms with Gasteiger partial charge >= 0.3 is 0 Å². The second kappa shape index (κ2) is 6.08. The summed E-state index contributed by atoms with van der Waals surface area (Å²) < 4.78 is 17.5. The molecule has 4 nitrogen and oxygen atoms in total. The summed E-state index contributed by atoms with van der Waals surface area (Å²) in [6.07, 6.45) is 3.22. The van der Waals surface area contributed by atoms with Crippen molar-refractivity contribution in [3.8, 4) is 0 Å². The molecule has 2 fully saturated rings. The molecule has 3 atom stereocenters. The highest BCUT2D eigenvalue weighted by molar-refractivity contribution is 4.98. The summed E-state index contributed by atoms with van der Waals surface area (Å²) in [5.41, 5.74) is -0.174. The first-order valence-electron chi connectivity index (χ1n) is 7.56. The van der Waals surface area contributed by atoms with Gasteiger partial charge in [0.15, 0.2) is 0 Å². The Morgan fingerprint density at radius 1 is 1.42 bits per heavy atom. The van der Waals surface area contributed by atoms with Gasteiger partial charge in [-0.2, -0.15) is 0 Å². The molecule has 0 aromatic heterocycles. The molecule has 19 heavy (non-hydrogen) atoms. The van der Waals surface area contributed by atoms with E-state index in [1.54, 1.807) is 0 Å². The molecule has 1 spiro atoms. The predicted molar refractivity (Wildman–Crippen MR) is 75.4 cm³/mol. The Balaban J connectivity index is 2.05. The second-order valence-corrected chi connectivity index (χ2v) is 6.39. The third-order valence-electron chi connectivity index (χ3n) is 4.65. The summed E-state index contributed by atoms with van der Waals surface area (Å²) in [5, 5.41) is 3.48. The standard InChI is InChI=1S/C15H29NO3/c1-5-18-14(2,3)13(16-4)12-6-8-19-15(10-12)7-9-17-11-15/h12-13,16H,5-11H2,1-4H3. The van der Waals surface area contributed by atoms with E-state index < -0.39 is 0 Å². The van der Waals surface area contributed by atoms with Crippen LogP contribution in [0, 0.1) is 5.92 Å². The summed E-state index contributed by atoms with van der Waals surface area (Å²) in [5.74, 6) is 0.585. The van der Waals surface area contributed by atoms with Gasteiger partial charge in [-0.3, -0.25) is 0 Å². The molecule has 1 N–H and O–H groups in total. The van der Waals surface area contributed by atoms with Crippen molar-refractivity contribution in [2.75, 3.05) is 33.5 Å². The molecule has 0 aliphatic carbocycles. The fraction of sp³-hybridized carbons (Fsp3) is 1.00. The molecule has 4 heteroatoms. The maximum Gasteiger partial charge on any atom is 0.0939 e. The van der Waals surface area contributed by atoms with Crippen molar-refractivity contribution in [2.24, 2.45) is 5.92 Å². The van der Waals surface area contributed by atoms with Gasteiger partial charge in [-0.15, -0.1) is 0 Å². The molecule has 0 bridgehead atoms. The monoisotopic (exact) mass is 271 g/mol. The van der Waals surface area contributed by atoms with Crippen molar-refractivity contribution in [3.05, 3.63) is 0 Å². The van der Waals surface area contributed by atoms with Crippen LogP contribution in [0.2, 0.25) is 0 Å². The highest BCUT2D eigenvalue weighted by atomic mass is 16.6. The maximum atomic E-state index is 6.03. The zero-order valence-electron chi connectivity index (χ0n) is 12.8. The van der Waals surface area contributed by atoms with Gasteiger partial charge in [-0.1, -0.05) is 0 Å². The van der Waals surface area contributed by atoms with Crippen LogP contribution in [0.5, 0.6) is 0 Å². The highest BCUT2D eigenvalue weighted by Gasteiger charge is 2.45. The maximum absolute atomic E-state index is 6.03. The highest BCUT2D eigenvalue weighted by Crippen LogP contribution is 2.39. The third-order valence-corrected chi connectivity index (χ3v) is 4.65. The first-order chi connectivity index (χ1) is 9.03. The molecule has 2 aliphatic heterocycles. The molecule has 112 valence electrons. The van der Waals surface area contributed by atoms with Crippen LogP contribution in [0.15, 0.2) is 0 Å². The Kier molecular flexibility index (Phi) is 4.88. The zero-order chi connectivity index (χ0) is 13.9. The van der Waals surface area contributed by atoms with Crippen LogP contribution in [0.3, 0.4) is 0 Å². The van der Waals surface area contributed by atoms with E-state index in [2.05, 4.69) is 26.1 Å². The number of likely N-dealkylation sites (N-methyl/N-ethyl adjacent to an activating group) is 1. The summed E-state index contributed by atoms with van der Waals surface area (Å²) >= 11 is 0. The van der Waals surface area contributed by atoms with Crippen molar-refractivity contribution in [1.29, 1.82) is 0 Å². The normalized spacial score (nSPS) is 33.8. The molecule has 2 aliphatic rings. The lowest BCUT2D eigenvalue weighted by molar-refractivity contribution is -0.124. The minimum absolute atomic E-state index is 0.0275. The minimum Gasteiger partial charge on any atom is -0.378 e. The Hall–Kier alpha value is -0.160. The minimum atomic E-state index is -0.147. The number of rotatable bonds is 5. The van der Waals surface area contributed by atoms with Crippen molar-refractivity contribution in [3.63, 3.8) is 0 Å². The van der Waals surface area contributed by atoms with Gasteiger partial charge in [-0.05, 0) is 46.6 Å². The number of nitrogens with one attached hydrogen (secondary N) is 1. The lowest BCUT2D eigenvalue weighted by Gasteiger charge is -2.45. The fourth-order valence-electron chi connectivity index (χ4n) is 3.83. The number of ether oxygens (including phenoxy) is 3. The molecule has 2 saturated heterocycles. The molecule has 0 aromatic rings. The van der Waals surface area contributed by atoms with Crippen LogP contribution in [-0.4, -0.2) is 50.7 Å². The van der Waals surface area contributed by atoms with E-state index in [9.17, 15) is 0 Å². The van der Waals surface area contributed by atoms with Crippen molar-refractivity contribution in [1.82, 2.24) is 5.32 Å². The molecule has 3 unspecified atom stereocenters. The van der Waals surface area contributed by atoms with E-state index in [0.29, 0.717) is 12.0 Å². The molecule has 0 aromatic carbocycles. The van der Waals surface area contributed by atoms with E-state index in [1.807, 2.05) is 7.05 Å². The molecular weight excluding hydrogens is 242 g/mol. The van der Waals surface area contributed by atoms with Gasteiger partial charge in [-0.25, -0.2) is 0 Å². The average molecular weight is 271 g/mol. The molecule has 0 amide bonds. The smallest absolute Gasteiger partial charge is 0.0939 e. The average Bonchev–Trinajstić information content (AvgIpc) is 2.77. The molecule has 0 saturated carbocycles. The van der Waals surface area contributed by atoms with Crippen molar-refractivity contribution >= 4 is 0 Å². The van der Waals surface area contributed by atoms with E-state index in [4.69, 9.17) is 14.2 Å². The summed E-state index contributed by atoms with van der Waals surface area (Å²) in [7, 11) is 2.04. The Labute approximate surface area is 117 Å². The predicted octanol–water partition coefficient (Wildman–Crippen LogP) is 1.98. The van der Waals surface area contributed by atoms with Crippen LogP contribution in [0.4, 0.5) is 0 Å². The van der Waals surface area contributed by atoms with Gasteiger partial charge < -0.3 is 19.5 Å². The summed E-state index contributed by atoms with van der Waals surface area (Å²) in [6.45, 7) is 9.62. The Morgan fingerprint density at radius 2 is 2.21 bits per heavy atom. The van der Waals surface area contributed by atoms with Crippen LogP contribution in [0.1, 0.15) is 40.0 Å². The van der Waals surface area contributed by atoms with Gasteiger partial charge in [0, 0.05) is 32.3 Å². The van der Waals surface area contributed by atoms with Crippen LogP contribution in [0.25, 0.3) is 0 Å². The fourth-order valence-corrected chi connectivity index (χ4v) is 3.83. The lowest BCUT2D eigenvalue weighted by atomic mass is 9.76. The Bertz CT molecular complexity index is 287. The van der Waals surface area contributed by atoms with Crippen LogP contribution in [-0.2, 0) is 14.2 Å². The third kappa shape index (κ3) is 3.30. The Morgan fingerprint density at radius 3 is 2.79 bits per heavy atom. The van der Waals surface area contributed by atoms with Crippen LogP contribution < -0.4 is 5.32 Å². The summed E-state index contributed by atoms with van der Waals surface area (Å²) in [6, 6.07) is 0.355. The van der Waals surface area contributed by atoms with Gasteiger partial charge in [0.1, 0.15) is 0 Å². The number of hydrogen-bond acceptors (Lipinski definition) is 4. The molecule has 2 rings (SSSR count). The van der Waals surface area contributed by atoms with Crippen molar-refractivity contribution < 1.29 is 14.2 Å². The van der Waals surface area contributed by atoms with Crippen molar-refractivity contribution in [2.45, 2.75) is 57.3 Å². The van der Waals surface area contributed by atoms with Gasteiger partial charge in [0.2, 0.25) is 0 Å². The van der Waals surface area contributed by atoms with E-state index in [1.165, 1.54) is 0 Å². The first kappa shape index (κ1) is 15.2. The molecular formula is C15H29NO3.